The van der Waals surface area contributed by atoms with E-state index in [2.05, 4.69) is 20.6 Å². The maximum Gasteiger partial charge on any atom is 0.407 e. The zero-order valence-corrected chi connectivity index (χ0v) is 22.3. The number of nitrogens with one attached hydrogen (secondary N) is 2. The second kappa shape index (κ2) is 11.6. The van der Waals surface area contributed by atoms with Crippen LogP contribution in [0.4, 0.5) is 14.0 Å². The average molecular weight is 553 g/mol. The molecule has 212 valence electrons. The van der Waals surface area contributed by atoms with Crippen molar-refractivity contribution in [3.05, 3.63) is 65.6 Å². The zero-order valence-electron chi connectivity index (χ0n) is 22.3. The normalized spacial score (nSPS) is 22.4. The van der Waals surface area contributed by atoms with Crippen molar-refractivity contribution < 1.29 is 33.3 Å². The fraction of sp³-hybridized carbons (Fsp3) is 0.448. The molecule has 2 amide bonds. The first-order valence-corrected chi connectivity index (χ1v) is 13.4. The van der Waals surface area contributed by atoms with Crippen LogP contribution in [0.15, 0.2) is 48.7 Å². The molecule has 1 unspecified atom stereocenters. The number of carbonyl (C=O) groups is 2. The van der Waals surface area contributed by atoms with E-state index in [1.165, 1.54) is 6.20 Å². The van der Waals surface area contributed by atoms with Gasteiger partial charge in [-0.2, -0.15) is 0 Å². The smallest absolute Gasteiger partial charge is 0.407 e. The van der Waals surface area contributed by atoms with Crippen LogP contribution in [0.2, 0.25) is 0 Å². The van der Waals surface area contributed by atoms with E-state index in [-0.39, 0.29) is 19.3 Å². The molecule has 3 aliphatic rings. The molecule has 40 heavy (non-hydrogen) atoms. The number of ether oxygens (including phenoxy) is 3. The Labute approximate surface area is 231 Å². The van der Waals surface area contributed by atoms with Crippen molar-refractivity contribution in [2.75, 3.05) is 13.2 Å². The number of alkyl carbamates (subject to hydrolysis) is 1. The molecule has 10 nitrogen and oxygen atoms in total. The topological polar surface area (TPSA) is 132 Å². The van der Waals surface area contributed by atoms with Crippen LogP contribution in [0, 0.1) is 5.82 Å². The van der Waals surface area contributed by atoms with Gasteiger partial charge in [0.15, 0.2) is 0 Å². The van der Waals surface area contributed by atoms with Crippen LogP contribution in [0.3, 0.4) is 0 Å². The summed E-state index contributed by atoms with van der Waals surface area (Å²) in [6.07, 6.45) is 3.40. The van der Waals surface area contributed by atoms with Gasteiger partial charge >= 0.3 is 12.2 Å². The summed E-state index contributed by atoms with van der Waals surface area (Å²) < 4.78 is 32.2. The molecule has 2 saturated heterocycles. The number of nitrogens with zero attached hydrogens (tertiary/aromatic N) is 2. The Kier molecular flexibility index (Phi) is 8.02. The summed E-state index contributed by atoms with van der Waals surface area (Å²) >= 11 is 0. The van der Waals surface area contributed by atoms with Gasteiger partial charge in [-0.25, -0.2) is 19.0 Å². The first-order chi connectivity index (χ1) is 19.2. The maximum atomic E-state index is 15.0. The van der Waals surface area contributed by atoms with Gasteiger partial charge in [0, 0.05) is 11.6 Å². The van der Waals surface area contributed by atoms with Gasteiger partial charge in [-0.3, -0.25) is 4.98 Å². The van der Waals surface area contributed by atoms with Crippen LogP contribution in [0.5, 0.6) is 5.88 Å². The third-order valence-electron chi connectivity index (χ3n) is 7.77. The molecule has 1 aliphatic carbocycles. The molecule has 4 heterocycles. The van der Waals surface area contributed by atoms with E-state index in [1.807, 2.05) is 30.3 Å². The molecular weight excluding hydrogens is 519 g/mol. The Morgan fingerprint density at radius 3 is 2.62 bits per heavy atom. The van der Waals surface area contributed by atoms with E-state index in [4.69, 9.17) is 19.3 Å². The molecule has 3 aromatic rings. The van der Waals surface area contributed by atoms with Crippen LogP contribution in [0.25, 0.3) is 11.0 Å². The lowest BCUT2D eigenvalue weighted by Crippen LogP contribution is -2.62. The standard InChI is InChI=1S/C29H33FN4O6/c1-19(32-27(37)39-17-20-5-3-2-4-6-20)16-38-24-8-7-23-25(33-24)21(22(30)15-31-23)9-10-29-13-11-28(12-14-29,18-40-29)34-26(35)36/h2-8,15,19,34H,9-14,16-18H2,1H3,(H,32,37)(H,35,36). The Hall–Kier alpha value is -3.99. The summed E-state index contributed by atoms with van der Waals surface area (Å²) in [6, 6.07) is 12.4. The lowest BCUT2D eigenvalue weighted by molar-refractivity contribution is -0.162. The number of halogens is 1. The third-order valence-corrected chi connectivity index (χ3v) is 7.77. The van der Waals surface area contributed by atoms with E-state index in [1.54, 1.807) is 19.1 Å². The highest BCUT2D eigenvalue weighted by molar-refractivity contribution is 5.78. The van der Waals surface area contributed by atoms with Crippen LogP contribution >= 0.6 is 0 Å². The Bertz CT molecular complexity index is 1350. The molecule has 6 rings (SSSR count). The third kappa shape index (κ3) is 6.41. The fourth-order valence-corrected chi connectivity index (χ4v) is 5.44. The monoisotopic (exact) mass is 552 g/mol. The molecule has 3 fully saturated rings. The van der Waals surface area contributed by atoms with Crippen LogP contribution in [0.1, 0.15) is 50.2 Å². The average Bonchev–Trinajstić information content (AvgIpc) is 2.95. The van der Waals surface area contributed by atoms with E-state index >= 15 is 0 Å². The number of carbonyl (C=O) groups excluding carboxylic acids is 1. The van der Waals surface area contributed by atoms with Gasteiger partial charge in [-0.1, -0.05) is 30.3 Å². The second-order valence-corrected chi connectivity index (χ2v) is 10.7. The highest BCUT2D eigenvalue weighted by Crippen LogP contribution is 2.46. The van der Waals surface area contributed by atoms with Crippen molar-refractivity contribution in [3.63, 3.8) is 0 Å². The SMILES string of the molecule is CC(COc1ccc2ncc(F)c(CCC34CCC(NC(=O)O)(CC3)CO4)c2n1)NC(=O)OCc1ccccc1. The second-order valence-electron chi connectivity index (χ2n) is 10.7. The zero-order chi connectivity index (χ0) is 28.2. The predicted octanol–water partition coefficient (Wildman–Crippen LogP) is 4.74. The number of aromatic nitrogens is 2. The Morgan fingerprint density at radius 1 is 1.15 bits per heavy atom. The summed E-state index contributed by atoms with van der Waals surface area (Å²) in [7, 11) is 0. The minimum absolute atomic E-state index is 0.139. The van der Waals surface area contributed by atoms with E-state index in [0.29, 0.717) is 67.6 Å². The molecule has 1 aromatic carbocycles. The van der Waals surface area contributed by atoms with Crippen molar-refractivity contribution in [3.8, 4) is 5.88 Å². The fourth-order valence-electron chi connectivity index (χ4n) is 5.44. The van der Waals surface area contributed by atoms with Crippen molar-refractivity contribution in [1.82, 2.24) is 20.6 Å². The molecule has 0 radical (unpaired) electrons. The predicted molar refractivity (Wildman–Crippen MR) is 144 cm³/mol. The quantitative estimate of drug-likeness (QED) is 0.329. The molecular formula is C29H33FN4O6. The van der Waals surface area contributed by atoms with Crippen LogP contribution in [-0.2, 0) is 22.5 Å². The largest absolute Gasteiger partial charge is 0.475 e. The van der Waals surface area contributed by atoms with Crippen molar-refractivity contribution >= 4 is 23.2 Å². The van der Waals surface area contributed by atoms with Gasteiger partial charge < -0.3 is 30.0 Å². The first kappa shape index (κ1) is 27.6. The molecule has 0 spiro atoms. The molecule has 3 N–H and O–H groups in total. The lowest BCUT2D eigenvalue weighted by atomic mass is 9.69. The van der Waals surface area contributed by atoms with Gasteiger partial charge in [0.25, 0.3) is 0 Å². The van der Waals surface area contributed by atoms with E-state index < -0.39 is 29.1 Å². The number of fused-ring (bicyclic) bond motifs is 4. The number of carboxylic acid groups (broad SMARTS) is 1. The van der Waals surface area contributed by atoms with E-state index in [9.17, 15) is 14.0 Å². The lowest BCUT2D eigenvalue weighted by Gasteiger charge is -2.53. The highest BCUT2D eigenvalue weighted by atomic mass is 19.1. The number of amides is 2. The summed E-state index contributed by atoms with van der Waals surface area (Å²) in [5.74, 6) is -0.153. The summed E-state index contributed by atoms with van der Waals surface area (Å²) in [5.41, 5.74) is 1.37. The van der Waals surface area contributed by atoms with Gasteiger partial charge in [0.05, 0.1) is 41.0 Å². The van der Waals surface area contributed by atoms with Crippen molar-refractivity contribution in [2.24, 2.45) is 0 Å². The minimum Gasteiger partial charge on any atom is -0.475 e. The van der Waals surface area contributed by atoms with Crippen LogP contribution < -0.4 is 15.4 Å². The number of pyridine rings is 2. The first-order valence-electron chi connectivity index (χ1n) is 13.4. The van der Waals surface area contributed by atoms with Crippen molar-refractivity contribution in [2.45, 2.75) is 69.2 Å². The van der Waals surface area contributed by atoms with E-state index in [0.717, 1.165) is 5.56 Å². The molecule has 11 heteroatoms. The Balaban J connectivity index is 1.18. The van der Waals surface area contributed by atoms with Crippen LogP contribution in [-0.4, -0.2) is 57.7 Å². The number of rotatable bonds is 10. The molecule has 2 aliphatic heterocycles. The van der Waals surface area contributed by atoms with Crippen molar-refractivity contribution in [1.29, 1.82) is 0 Å². The van der Waals surface area contributed by atoms with Gasteiger partial charge in [0.1, 0.15) is 19.0 Å². The molecule has 1 saturated carbocycles. The molecule has 1 atom stereocenters. The van der Waals surface area contributed by atoms with Gasteiger partial charge in [-0.15, -0.1) is 0 Å². The number of hydrogen-bond acceptors (Lipinski definition) is 7. The summed E-state index contributed by atoms with van der Waals surface area (Å²) in [4.78, 5) is 32.0. The maximum absolute atomic E-state index is 15.0. The number of benzene rings is 1. The number of aryl methyl sites for hydroxylation is 1. The van der Waals surface area contributed by atoms with Gasteiger partial charge in [0.2, 0.25) is 5.88 Å². The minimum atomic E-state index is -1.04. The molecule has 2 bridgehead atoms. The summed E-state index contributed by atoms with van der Waals surface area (Å²) in [5, 5.41) is 14.5. The Morgan fingerprint density at radius 2 is 1.93 bits per heavy atom. The van der Waals surface area contributed by atoms with Gasteiger partial charge in [-0.05, 0) is 57.1 Å². The highest BCUT2D eigenvalue weighted by Gasteiger charge is 2.50. The number of hydrogen-bond donors (Lipinski definition) is 3. The summed E-state index contributed by atoms with van der Waals surface area (Å²) in [6.45, 7) is 2.41. The molecule has 2 aromatic heterocycles.